The van der Waals surface area contributed by atoms with Crippen molar-refractivity contribution in [2.75, 3.05) is 19.6 Å². The minimum atomic E-state index is -1.82. The van der Waals surface area contributed by atoms with Gasteiger partial charge in [0.05, 0.1) is 19.6 Å². The first-order valence-electron chi connectivity index (χ1n) is 9.27. The van der Waals surface area contributed by atoms with Gasteiger partial charge in [-0.1, -0.05) is 60.7 Å². The molecule has 2 rings (SSSR count). The Labute approximate surface area is 161 Å². The van der Waals surface area contributed by atoms with Crippen molar-refractivity contribution in [2.24, 2.45) is 0 Å². The van der Waals surface area contributed by atoms with Crippen molar-refractivity contribution in [1.29, 1.82) is 0 Å². The predicted octanol–water partition coefficient (Wildman–Crippen LogP) is 2.54. The Hall–Kier alpha value is -2.66. The molecule has 0 heterocycles. The number of carboxylic acids is 1. The van der Waals surface area contributed by atoms with Gasteiger partial charge in [0.15, 0.2) is 5.97 Å². The van der Waals surface area contributed by atoms with E-state index in [1.165, 1.54) is 36.2 Å². The monoisotopic (exact) mass is 371 g/mol. The van der Waals surface area contributed by atoms with Crippen LogP contribution in [-0.2, 0) is 27.5 Å². The third-order valence-corrected chi connectivity index (χ3v) is 4.75. The van der Waals surface area contributed by atoms with Crippen LogP contribution in [0.1, 0.15) is 31.9 Å². The SMILES string of the molecule is CC[N+](CC)(CC)Cc1ccccc1.O=C([O-])C(=O)OCc1ccccc1. The molecule has 0 unspecified atom stereocenters. The smallest absolute Gasteiger partial charge is 0.354 e. The molecule has 0 amide bonds. The molecule has 0 aromatic heterocycles. The lowest BCUT2D eigenvalue weighted by atomic mass is 10.2. The Morgan fingerprint density at radius 1 is 0.815 bits per heavy atom. The zero-order valence-corrected chi connectivity index (χ0v) is 16.4. The number of benzene rings is 2. The summed E-state index contributed by atoms with van der Waals surface area (Å²) in [4.78, 5) is 20.4. The van der Waals surface area contributed by atoms with Gasteiger partial charge in [-0.3, -0.25) is 0 Å². The van der Waals surface area contributed by atoms with Gasteiger partial charge in [0.1, 0.15) is 13.2 Å². The first-order chi connectivity index (χ1) is 13.0. The molecule has 0 bridgehead atoms. The molecule has 0 N–H and O–H groups in total. The summed E-state index contributed by atoms with van der Waals surface area (Å²) in [5, 5.41) is 9.93. The van der Waals surface area contributed by atoms with E-state index in [1.54, 1.807) is 24.3 Å². The van der Waals surface area contributed by atoms with Crippen LogP contribution in [-0.4, -0.2) is 36.1 Å². The van der Waals surface area contributed by atoms with E-state index in [-0.39, 0.29) is 6.61 Å². The molecule has 0 saturated heterocycles. The number of rotatable bonds is 7. The summed E-state index contributed by atoms with van der Waals surface area (Å²) in [6, 6.07) is 19.6. The van der Waals surface area contributed by atoms with E-state index < -0.39 is 11.9 Å². The summed E-state index contributed by atoms with van der Waals surface area (Å²) in [5.74, 6) is -3.17. The van der Waals surface area contributed by atoms with Crippen molar-refractivity contribution in [1.82, 2.24) is 0 Å². The number of hydrogen-bond donors (Lipinski definition) is 0. The Morgan fingerprint density at radius 3 is 1.67 bits per heavy atom. The molecule has 2 aromatic carbocycles. The van der Waals surface area contributed by atoms with Gasteiger partial charge < -0.3 is 19.1 Å². The van der Waals surface area contributed by atoms with Gasteiger partial charge in [0, 0.05) is 5.56 Å². The normalized spacial score (nSPS) is 10.5. The molecular formula is C22H29NO4. The second-order valence-corrected chi connectivity index (χ2v) is 6.28. The minimum Gasteiger partial charge on any atom is -0.539 e. The maximum Gasteiger partial charge on any atom is 0.354 e. The Bertz CT molecular complexity index is 674. The quantitative estimate of drug-likeness (QED) is 0.426. The summed E-state index contributed by atoms with van der Waals surface area (Å²) in [6.45, 7) is 11.7. The molecule has 0 aliphatic carbocycles. The fourth-order valence-corrected chi connectivity index (χ4v) is 2.76. The van der Waals surface area contributed by atoms with Gasteiger partial charge in [-0.15, -0.1) is 0 Å². The van der Waals surface area contributed by atoms with Crippen LogP contribution in [0.3, 0.4) is 0 Å². The van der Waals surface area contributed by atoms with Crippen LogP contribution in [0, 0.1) is 0 Å². The van der Waals surface area contributed by atoms with Crippen LogP contribution in [0.4, 0.5) is 0 Å². The topological polar surface area (TPSA) is 66.4 Å². The van der Waals surface area contributed by atoms with Crippen LogP contribution in [0.25, 0.3) is 0 Å². The third-order valence-electron chi connectivity index (χ3n) is 4.75. The van der Waals surface area contributed by atoms with E-state index in [9.17, 15) is 14.7 Å². The Balaban J connectivity index is 0.000000271. The van der Waals surface area contributed by atoms with Gasteiger partial charge in [-0.05, 0) is 26.3 Å². The number of nitrogens with zero attached hydrogens (tertiary/aromatic N) is 1. The molecule has 0 aliphatic heterocycles. The Morgan fingerprint density at radius 2 is 1.26 bits per heavy atom. The Kier molecular flexibility index (Phi) is 9.83. The second kappa shape index (κ2) is 11.9. The summed E-state index contributed by atoms with van der Waals surface area (Å²) in [7, 11) is 0. The molecule has 146 valence electrons. The lowest BCUT2D eigenvalue weighted by molar-refractivity contribution is -0.936. The first kappa shape index (κ1) is 22.4. The molecule has 0 radical (unpaired) electrons. The molecular weight excluding hydrogens is 342 g/mol. The van der Waals surface area contributed by atoms with Crippen molar-refractivity contribution in [2.45, 2.75) is 33.9 Å². The van der Waals surface area contributed by atoms with E-state index in [2.05, 4.69) is 55.8 Å². The van der Waals surface area contributed by atoms with E-state index in [0.29, 0.717) is 0 Å². The minimum absolute atomic E-state index is 0.0480. The molecule has 0 atom stereocenters. The molecule has 5 nitrogen and oxygen atoms in total. The third kappa shape index (κ3) is 8.05. The van der Waals surface area contributed by atoms with Gasteiger partial charge in [-0.2, -0.15) is 0 Å². The first-order valence-corrected chi connectivity index (χ1v) is 9.27. The van der Waals surface area contributed by atoms with E-state index in [0.717, 1.165) is 5.56 Å². The highest BCUT2D eigenvalue weighted by molar-refractivity contribution is 6.27. The van der Waals surface area contributed by atoms with E-state index in [1.807, 2.05) is 6.07 Å². The number of ether oxygens (including phenoxy) is 1. The average Bonchev–Trinajstić information content (AvgIpc) is 2.72. The largest absolute Gasteiger partial charge is 0.539 e. The second-order valence-electron chi connectivity index (χ2n) is 6.28. The van der Waals surface area contributed by atoms with Gasteiger partial charge in [0.25, 0.3) is 0 Å². The highest BCUT2D eigenvalue weighted by Gasteiger charge is 2.20. The van der Waals surface area contributed by atoms with Crippen LogP contribution in [0.15, 0.2) is 60.7 Å². The molecule has 27 heavy (non-hydrogen) atoms. The number of hydrogen-bond acceptors (Lipinski definition) is 4. The van der Waals surface area contributed by atoms with Gasteiger partial charge >= 0.3 is 5.97 Å². The number of carbonyl (C=O) groups is 2. The standard InChI is InChI=1S/C13H22N.C9H8O4/c1-4-14(5-2,6-3)12-13-10-8-7-9-11-13;10-8(11)9(12)13-6-7-4-2-1-3-5-7/h7-11H,4-6,12H2,1-3H3;1-5H,6H2,(H,10,11)/q+1;/p-1. The lowest BCUT2D eigenvalue weighted by Crippen LogP contribution is -2.46. The van der Waals surface area contributed by atoms with E-state index in [4.69, 9.17) is 0 Å². The van der Waals surface area contributed by atoms with Crippen LogP contribution in [0.2, 0.25) is 0 Å². The van der Waals surface area contributed by atoms with Gasteiger partial charge in [-0.25, -0.2) is 4.79 Å². The maximum atomic E-state index is 10.4. The molecule has 0 aliphatic rings. The highest BCUT2D eigenvalue weighted by atomic mass is 16.6. The fraction of sp³-hybridized carbons (Fsp3) is 0.364. The van der Waals surface area contributed by atoms with Crippen molar-refractivity contribution in [3.8, 4) is 0 Å². The maximum absolute atomic E-state index is 10.4. The van der Waals surface area contributed by atoms with Crippen molar-refractivity contribution in [3.05, 3.63) is 71.8 Å². The fourth-order valence-electron chi connectivity index (χ4n) is 2.76. The summed E-state index contributed by atoms with van der Waals surface area (Å²) < 4.78 is 5.59. The molecule has 0 fully saturated rings. The average molecular weight is 371 g/mol. The summed E-state index contributed by atoms with van der Waals surface area (Å²) >= 11 is 0. The van der Waals surface area contributed by atoms with Crippen molar-refractivity contribution < 1.29 is 23.9 Å². The van der Waals surface area contributed by atoms with Crippen molar-refractivity contribution >= 4 is 11.9 Å². The predicted molar refractivity (Wildman–Crippen MR) is 103 cm³/mol. The van der Waals surface area contributed by atoms with Crippen LogP contribution >= 0.6 is 0 Å². The highest BCUT2D eigenvalue weighted by Crippen LogP contribution is 2.13. The number of carboxylic acid groups (broad SMARTS) is 1. The summed E-state index contributed by atoms with van der Waals surface area (Å²) in [6.07, 6.45) is 0. The molecule has 2 aromatic rings. The van der Waals surface area contributed by atoms with Gasteiger partial charge in [0.2, 0.25) is 0 Å². The zero-order valence-electron chi connectivity index (χ0n) is 16.4. The van der Waals surface area contributed by atoms with Crippen LogP contribution < -0.4 is 5.11 Å². The number of carbonyl (C=O) groups excluding carboxylic acids is 2. The van der Waals surface area contributed by atoms with Crippen LogP contribution in [0.5, 0.6) is 0 Å². The molecule has 0 saturated carbocycles. The number of aliphatic carboxylic acids is 1. The van der Waals surface area contributed by atoms with Crippen molar-refractivity contribution in [3.63, 3.8) is 0 Å². The number of quaternary nitrogens is 1. The lowest BCUT2D eigenvalue weighted by Gasteiger charge is -2.35. The number of esters is 1. The summed E-state index contributed by atoms with van der Waals surface area (Å²) in [5.41, 5.74) is 2.19. The van der Waals surface area contributed by atoms with E-state index >= 15 is 0 Å². The zero-order chi connectivity index (χ0) is 20.1. The molecule has 5 heteroatoms. The molecule has 0 spiro atoms.